The number of hydrogen-bond acceptors (Lipinski definition) is 3. The van der Waals surface area contributed by atoms with E-state index < -0.39 is 0 Å². The van der Waals surface area contributed by atoms with Crippen molar-refractivity contribution in [1.29, 1.82) is 0 Å². The molecule has 1 fully saturated rings. The van der Waals surface area contributed by atoms with Crippen LogP contribution in [0, 0.1) is 0 Å². The van der Waals surface area contributed by atoms with Gasteiger partial charge in [-0.05, 0) is 33.6 Å². The van der Waals surface area contributed by atoms with Gasteiger partial charge in [0.15, 0.2) is 0 Å². The summed E-state index contributed by atoms with van der Waals surface area (Å²) in [5.74, 6) is -0.202. The lowest BCUT2D eigenvalue weighted by Gasteiger charge is -2.27. The Morgan fingerprint density at radius 3 is 2.42 bits per heavy atom. The molecule has 1 amide bonds. The van der Waals surface area contributed by atoms with Crippen molar-refractivity contribution in [2.75, 3.05) is 13.2 Å². The van der Waals surface area contributed by atoms with Crippen molar-refractivity contribution in [2.45, 2.75) is 58.9 Å². The molecule has 1 saturated carbocycles. The van der Waals surface area contributed by atoms with E-state index in [2.05, 4.69) is 0 Å². The van der Waals surface area contributed by atoms with Crippen LogP contribution in [0.1, 0.15) is 52.9 Å². The Bertz CT molecular complexity index is 339. The maximum Gasteiger partial charge on any atom is 0.307 e. The lowest BCUT2D eigenvalue weighted by atomic mass is 10.2. The summed E-state index contributed by atoms with van der Waals surface area (Å²) in [6.45, 7) is 6.48. The fraction of sp³-hybridized carbons (Fsp3) is 0.733. The van der Waals surface area contributed by atoms with Crippen LogP contribution in [0.3, 0.4) is 0 Å². The Morgan fingerprint density at radius 1 is 1.26 bits per heavy atom. The summed E-state index contributed by atoms with van der Waals surface area (Å²) in [6.07, 6.45) is 6.37. The van der Waals surface area contributed by atoms with E-state index in [0.717, 1.165) is 18.4 Å². The molecule has 0 bridgehead atoms. The number of nitrogens with zero attached hydrogens (tertiary/aromatic N) is 1. The molecule has 0 unspecified atom stereocenters. The average molecular weight is 267 g/mol. The Morgan fingerprint density at radius 2 is 1.89 bits per heavy atom. The quantitative estimate of drug-likeness (QED) is 0.549. The van der Waals surface area contributed by atoms with E-state index in [4.69, 9.17) is 4.74 Å². The molecule has 0 atom stereocenters. The van der Waals surface area contributed by atoms with Gasteiger partial charge >= 0.3 is 5.97 Å². The molecule has 108 valence electrons. The van der Waals surface area contributed by atoms with Gasteiger partial charge in [-0.3, -0.25) is 9.59 Å². The highest BCUT2D eigenvalue weighted by atomic mass is 16.5. The number of ether oxygens (including phenoxy) is 1. The van der Waals surface area contributed by atoms with Crippen LogP contribution in [0.5, 0.6) is 0 Å². The van der Waals surface area contributed by atoms with E-state index in [9.17, 15) is 9.59 Å². The third-order valence-corrected chi connectivity index (χ3v) is 3.32. The van der Waals surface area contributed by atoms with E-state index in [1.807, 2.05) is 18.7 Å². The number of rotatable bonds is 6. The Hall–Kier alpha value is -1.32. The predicted octanol–water partition coefficient (Wildman–Crippen LogP) is 2.68. The molecular weight excluding hydrogens is 242 g/mol. The van der Waals surface area contributed by atoms with Crippen molar-refractivity contribution in [2.24, 2.45) is 0 Å². The number of hydrogen-bond donors (Lipinski definition) is 0. The summed E-state index contributed by atoms with van der Waals surface area (Å²) in [6, 6.07) is 0.289. The molecule has 0 aromatic rings. The third kappa shape index (κ3) is 5.45. The number of amides is 1. The van der Waals surface area contributed by atoms with Crippen molar-refractivity contribution in [3.05, 3.63) is 11.6 Å². The van der Waals surface area contributed by atoms with E-state index in [1.165, 1.54) is 12.8 Å². The molecule has 19 heavy (non-hydrogen) atoms. The second-order valence-electron chi connectivity index (χ2n) is 5.25. The van der Waals surface area contributed by atoms with E-state index in [0.29, 0.717) is 13.2 Å². The Labute approximate surface area is 115 Å². The van der Waals surface area contributed by atoms with Crippen molar-refractivity contribution >= 4 is 11.9 Å². The highest BCUT2D eigenvalue weighted by Gasteiger charge is 2.25. The summed E-state index contributed by atoms with van der Waals surface area (Å²) in [5.41, 5.74) is 0.990. The van der Waals surface area contributed by atoms with Gasteiger partial charge < -0.3 is 9.64 Å². The molecule has 1 aliphatic rings. The molecule has 1 rings (SSSR count). The minimum absolute atomic E-state index is 0.0243. The van der Waals surface area contributed by atoms with Gasteiger partial charge in [0.05, 0.1) is 13.0 Å². The standard InChI is InChI=1S/C15H25NO3/c1-4-19-15(18)9-10-16(13-7-5-6-8-13)14(17)11-12(2)3/h11,13H,4-10H2,1-3H3. The normalized spacial score (nSPS) is 15.1. The molecule has 4 nitrogen and oxygen atoms in total. The topological polar surface area (TPSA) is 46.6 Å². The number of allylic oxidation sites excluding steroid dienone is 1. The van der Waals surface area contributed by atoms with Gasteiger partial charge in [-0.15, -0.1) is 0 Å². The fourth-order valence-electron chi connectivity index (χ4n) is 2.46. The van der Waals surface area contributed by atoms with Crippen LogP contribution in [0.4, 0.5) is 0 Å². The largest absolute Gasteiger partial charge is 0.466 e. The molecule has 0 spiro atoms. The lowest BCUT2D eigenvalue weighted by molar-refractivity contribution is -0.144. The molecule has 0 aromatic heterocycles. The van der Waals surface area contributed by atoms with Crippen molar-refractivity contribution in [3.63, 3.8) is 0 Å². The van der Waals surface area contributed by atoms with Crippen molar-refractivity contribution < 1.29 is 14.3 Å². The number of carbonyl (C=O) groups is 2. The average Bonchev–Trinajstić information content (AvgIpc) is 2.82. The van der Waals surface area contributed by atoms with Gasteiger partial charge in [0.2, 0.25) is 5.91 Å². The summed E-state index contributed by atoms with van der Waals surface area (Å²) in [5, 5.41) is 0. The smallest absolute Gasteiger partial charge is 0.307 e. The molecule has 0 aromatic carbocycles. The molecule has 4 heteroatoms. The van der Waals surface area contributed by atoms with Crippen LogP contribution in [0.25, 0.3) is 0 Å². The second kappa shape index (κ2) is 7.97. The van der Waals surface area contributed by atoms with Crippen LogP contribution >= 0.6 is 0 Å². The number of carbonyl (C=O) groups excluding carboxylic acids is 2. The summed E-state index contributed by atoms with van der Waals surface area (Å²) in [7, 11) is 0. The highest BCUT2D eigenvalue weighted by molar-refractivity contribution is 5.88. The van der Waals surface area contributed by atoms with E-state index >= 15 is 0 Å². The first-order valence-corrected chi connectivity index (χ1v) is 7.15. The maximum absolute atomic E-state index is 12.2. The Balaban J connectivity index is 2.61. The second-order valence-corrected chi connectivity index (χ2v) is 5.25. The van der Waals surface area contributed by atoms with Gasteiger partial charge in [0.25, 0.3) is 0 Å². The maximum atomic E-state index is 12.2. The van der Waals surface area contributed by atoms with Crippen LogP contribution in [0.2, 0.25) is 0 Å². The highest BCUT2D eigenvalue weighted by Crippen LogP contribution is 2.24. The monoisotopic (exact) mass is 267 g/mol. The molecule has 0 radical (unpaired) electrons. The van der Waals surface area contributed by atoms with Gasteiger partial charge in [-0.2, -0.15) is 0 Å². The third-order valence-electron chi connectivity index (χ3n) is 3.32. The molecular formula is C15H25NO3. The minimum atomic E-state index is -0.226. The molecule has 0 saturated heterocycles. The number of esters is 1. The zero-order chi connectivity index (χ0) is 14.3. The first kappa shape index (κ1) is 15.7. The van der Waals surface area contributed by atoms with E-state index in [1.54, 1.807) is 13.0 Å². The van der Waals surface area contributed by atoms with Crippen LogP contribution in [-0.4, -0.2) is 36.0 Å². The van der Waals surface area contributed by atoms with Gasteiger partial charge in [-0.25, -0.2) is 0 Å². The minimum Gasteiger partial charge on any atom is -0.466 e. The first-order chi connectivity index (χ1) is 9.04. The summed E-state index contributed by atoms with van der Waals surface area (Å²) >= 11 is 0. The van der Waals surface area contributed by atoms with Gasteiger partial charge in [-0.1, -0.05) is 18.4 Å². The van der Waals surface area contributed by atoms with Gasteiger partial charge in [0.1, 0.15) is 0 Å². The van der Waals surface area contributed by atoms with Crippen molar-refractivity contribution in [1.82, 2.24) is 4.90 Å². The zero-order valence-electron chi connectivity index (χ0n) is 12.3. The van der Waals surface area contributed by atoms with E-state index in [-0.39, 0.29) is 24.3 Å². The lowest BCUT2D eigenvalue weighted by Crippen LogP contribution is -2.39. The van der Waals surface area contributed by atoms with Crippen LogP contribution in [0.15, 0.2) is 11.6 Å². The van der Waals surface area contributed by atoms with Gasteiger partial charge in [0, 0.05) is 18.7 Å². The fourth-order valence-corrected chi connectivity index (χ4v) is 2.46. The first-order valence-electron chi connectivity index (χ1n) is 7.15. The summed E-state index contributed by atoms with van der Waals surface area (Å²) in [4.78, 5) is 25.5. The van der Waals surface area contributed by atoms with Crippen molar-refractivity contribution in [3.8, 4) is 0 Å². The van der Waals surface area contributed by atoms with Crippen LogP contribution < -0.4 is 0 Å². The summed E-state index contributed by atoms with van der Waals surface area (Å²) < 4.78 is 4.92. The van der Waals surface area contributed by atoms with Crippen LogP contribution in [-0.2, 0) is 14.3 Å². The zero-order valence-corrected chi connectivity index (χ0v) is 12.3. The molecule has 0 heterocycles. The molecule has 0 N–H and O–H groups in total. The molecule has 0 aliphatic heterocycles. The molecule has 1 aliphatic carbocycles. The Kier molecular flexibility index (Phi) is 6.60. The SMILES string of the molecule is CCOC(=O)CCN(C(=O)C=C(C)C)C1CCCC1. The predicted molar refractivity (Wildman–Crippen MR) is 74.7 cm³/mol.